The molecular formula is C19H27N3O2. The molecule has 3 rings (SSSR count). The lowest BCUT2D eigenvalue weighted by atomic mass is 10.1. The first-order valence-corrected chi connectivity index (χ1v) is 9.16. The number of carbonyl (C=O) groups excluding carboxylic acids is 2. The third-order valence-electron chi connectivity index (χ3n) is 4.96. The monoisotopic (exact) mass is 329 g/mol. The number of nitrogens with zero attached hydrogens (tertiary/aromatic N) is 1. The van der Waals surface area contributed by atoms with Crippen molar-refractivity contribution in [3.63, 3.8) is 0 Å². The lowest BCUT2D eigenvalue weighted by Crippen LogP contribution is -2.41. The van der Waals surface area contributed by atoms with Gasteiger partial charge in [0.15, 0.2) is 0 Å². The summed E-state index contributed by atoms with van der Waals surface area (Å²) in [6, 6.07) is 8.11. The van der Waals surface area contributed by atoms with Crippen molar-refractivity contribution in [1.82, 2.24) is 10.6 Å². The third-order valence-corrected chi connectivity index (χ3v) is 4.96. The van der Waals surface area contributed by atoms with Gasteiger partial charge in [0.05, 0.1) is 0 Å². The van der Waals surface area contributed by atoms with Crippen LogP contribution in [-0.4, -0.2) is 24.5 Å². The first-order valence-electron chi connectivity index (χ1n) is 9.16. The highest BCUT2D eigenvalue weighted by molar-refractivity contribution is 5.95. The second-order valence-electron chi connectivity index (χ2n) is 6.83. The lowest BCUT2D eigenvalue weighted by molar-refractivity contribution is -0.117. The molecule has 1 saturated carbocycles. The molecule has 1 aliphatic heterocycles. The van der Waals surface area contributed by atoms with Gasteiger partial charge in [-0.2, -0.15) is 0 Å². The summed E-state index contributed by atoms with van der Waals surface area (Å²) < 4.78 is 0. The Labute approximate surface area is 143 Å². The molecule has 3 amide bonds. The molecule has 2 aliphatic rings. The van der Waals surface area contributed by atoms with Crippen molar-refractivity contribution >= 4 is 17.6 Å². The van der Waals surface area contributed by atoms with Gasteiger partial charge in [-0.25, -0.2) is 4.79 Å². The quantitative estimate of drug-likeness (QED) is 0.832. The summed E-state index contributed by atoms with van der Waals surface area (Å²) in [5.41, 5.74) is 1.99. The molecule has 2 N–H and O–H groups in total. The largest absolute Gasteiger partial charge is 0.335 e. The molecule has 0 aromatic heterocycles. The number of urea groups is 1. The number of hydrogen-bond donors (Lipinski definition) is 2. The zero-order valence-corrected chi connectivity index (χ0v) is 14.2. The van der Waals surface area contributed by atoms with Crippen LogP contribution in [0.25, 0.3) is 0 Å². The summed E-state index contributed by atoms with van der Waals surface area (Å²) in [5, 5.41) is 6.02. The van der Waals surface area contributed by atoms with Gasteiger partial charge in [0.1, 0.15) is 0 Å². The van der Waals surface area contributed by atoms with Crippen LogP contribution in [0.15, 0.2) is 24.3 Å². The predicted octanol–water partition coefficient (Wildman–Crippen LogP) is 3.34. The Kier molecular flexibility index (Phi) is 5.72. The molecule has 1 heterocycles. The number of nitrogens with one attached hydrogen (secondary N) is 2. The van der Waals surface area contributed by atoms with E-state index in [9.17, 15) is 9.59 Å². The number of amides is 3. The normalized spacial score (nSPS) is 19.2. The number of hydrogen-bond acceptors (Lipinski definition) is 2. The summed E-state index contributed by atoms with van der Waals surface area (Å²) >= 11 is 0. The SMILES string of the molecule is O=C(NCc1ccc(N2CCCC2=O)cc1)NC1CCCCCC1. The molecule has 0 radical (unpaired) electrons. The lowest BCUT2D eigenvalue weighted by Gasteiger charge is -2.17. The number of benzene rings is 1. The first-order chi connectivity index (χ1) is 11.7. The maximum Gasteiger partial charge on any atom is 0.315 e. The second-order valence-corrected chi connectivity index (χ2v) is 6.83. The molecule has 130 valence electrons. The Morgan fingerprint density at radius 3 is 2.38 bits per heavy atom. The Bertz CT molecular complexity index is 562. The molecule has 1 saturated heterocycles. The van der Waals surface area contributed by atoms with E-state index in [2.05, 4.69) is 10.6 Å². The van der Waals surface area contributed by atoms with Gasteiger partial charge in [0, 0.05) is 31.2 Å². The second kappa shape index (κ2) is 8.18. The molecule has 0 unspecified atom stereocenters. The van der Waals surface area contributed by atoms with E-state index in [-0.39, 0.29) is 11.9 Å². The summed E-state index contributed by atoms with van der Waals surface area (Å²) in [5.74, 6) is 0.198. The van der Waals surface area contributed by atoms with E-state index in [0.29, 0.717) is 19.0 Å². The number of anilines is 1. The Balaban J connectivity index is 1.45. The average Bonchev–Trinajstić information content (AvgIpc) is 2.86. The van der Waals surface area contributed by atoms with Crippen molar-refractivity contribution in [2.24, 2.45) is 0 Å². The molecular weight excluding hydrogens is 302 g/mol. The maximum absolute atomic E-state index is 12.0. The fourth-order valence-corrected chi connectivity index (χ4v) is 3.56. The van der Waals surface area contributed by atoms with Crippen LogP contribution in [0, 0.1) is 0 Å². The average molecular weight is 329 g/mol. The highest BCUT2D eigenvalue weighted by Gasteiger charge is 2.21. The zero-order chi connectivity index (χ0) is 16.8. The fourth-order valence-electron chi connectivity index (χ4n) is 3.56. The molecule has 0 atom stereocenters. The van der Waals surface area contributed by atoms with Gasteiger partial charge in [0.2, 0.25) is 5.91 Å². The molecule has 5 nitrogen and oxygen atoms in total. The Morgan fingerprint density at radius 1 is 1.04 bits per heavy atom. The summed E-state index contributed by atoms with van der Waals surface area (Å²) in [6.07, 6.45) is 8.74. The number of rotatable bonds is 4. The molecule has 0 bridgehead atoms. The van der Waals surface area contributed by atoms with E-state index < -0.39 is 0 Å². The van der Waals surface area contributed by atoms with E-state index in [1.807, 2.05) is 29.2 Å². The van der Waals surface area contributed by atoms with Gasteiger partial charge in [0.25, 0.3) is 0 Å². The molecule has 0 spiro atoms. The van der Waals surface area contributed by atoms with Gasteiger partial charge >= 0.3 is 6.03 Å². The van der Waals surface area contributed by atoms with E-state index in [4.69, 9.17) is 0 Å². The van der Waals surface area contributed by atoms with E-state index in [0.717, 1.165) is 37.1 Å². The topological polar surface area (TPSA) is 61.4 Å². The fraction of sp³-hybridized carbons (Fsp3) is 0.579. The molecule has 24 heavy (non-hydrogen) atoms. The van der Waals surface area contributed by atoms with Gasteiger partial charge in [-0.1, -0.05) is 37.8 Å². The van der Waals surface area contributed by atoms with Gasteiger partial charge in [-0.3, -0.25) is 4.79 Å². The summed E-state index contributed by atoms with van der Waals surface area (Å²) in [4.78, 5) is 25.6. The zero-order valence-electron chi connectivity index (χ0n) is 14.2. The van der Waals surface area contributed by atoms with E-state index >= 15 is 0 Å². The van der Waals surface area contributed by atoms with Gasteiger partial charge in [-0.05, 0) is 37.0 Å². The molecule has 1 aliphatic carbocycles. The van der Waals surface area contributed by atoms with Crippen LogP contribution in [-0.2, 0) is 11.3 Å². The van der Waals surface area contributed by atoms with Crippen LogP contribution < -0.4 is 15.5 Å². The van der Waals surface area contributed by atoms with Gasteiger partial charge in [-0.15, -0.1) is 0 Å². The van der Waals surface area contributed by atoms with Crippen molar-refractivity contribution in [3.05, 3.63) is 29.8 Å². The Hall–Kier alpha value is -2.04. The molecule has 1 aromatic rings. The van der Waals surface area contributed by atoms with Crippen molar-refractivity contribution in [2.45, 2.75) is 64.0 Å². The van der Waals surface area contributed by atoms with Crippen molar-refractivity contribution in [3.8, 4) is 0 Å². The molecule has 1 aromatic carbocycles. The van der Waals surface area contributed by atoms with E-state index in [1.54, 1.807) is 0 Å². The minimum absolute atomic E-state index is 0.0827. The van der Waals surface area contributed by atoms with Crippen LogP contribution in [0.4, 0.5) is 10.5 Å². The highest BCUT2D eigenvalue weighted by Crippen LogP contribution is 2.21. The smallest absolute Gasteiger partial charge is 0.315 e. The van der Waals surface area contributed by atoms with Crippen molar-refractivity contribution in [1.29, 1.82) is 0 Å². The summed E-state index contributed by atoms with van der Waals surface area (Å²) in [6.45, 7) is 1.31. The molecule has 5 heteroatoms. The predicted molar refractivity (Wildman–Crippen MR) is 94.9 cm³/mol. The molecule has 2 fully saturated rings. The van der Waals surface area contributed by atoms with Crippen LogP contribution in [0.2, 0.25) is 0 Å². The first kappa shape index (κ1) is 16.8. The van der Waals surface area contributed by atoms with Crippen LogP contribution in [0.5, 0.6) is 0 Å². The van der Waals surface area contributed by atoms with Crippen LogP contribution >= 0.6 is 0 Å². The third kappa shape index (κ3) is 4.49. The Morgan fingerprint density at radius 2 is 1.75 bits per heavy atom. The maximum atomic E-state index is 12.0. The van der Waals surface area contributed by atoms with E-state index in [1.165, 1.54) is 25.7 Å². The number of carbonyl (C=O) groups is 2. The van der Waals surface area contributed by atoms with Crippen LogP contribution in [0.1, 0.15) is 56.9 Å². The van der Waals surface area contributed by atoms with Crippen molar-refractivity contribution in [2.75, 3.05) is 11.4 Å². The summed E-state index contributed by atoms with van der Waals surface area (Å²) in [7, 11) is 0. The standard InChI is InChI=1S/C19H27N3O2/c23-18-8-5-13-22(18)17-11-9-15(10-12-17)14-20-19(24)21-16-6-3-1-2-4-7-16/h9-12,16H,1-8,13-14H2,(H2,20,21,24). The minimum Gasteiger partial charge on any atom is -0.335 e. The van der Waals surface area contributed by atoms with Crippen LogP contribution in [0.3, 0.4) is 0 Å². The highest BCUT2D eigenvalue weighted by atomic mass is 16.2. The van der Waals surface area contributed by atoms with Gasteiger partial charge < -0.3 is 15.5 Å². The minimum atomic E-state index is -0.0827. The van der Waals surface area contributed by atoms with Crippen molar-refractivity contribution < 1.29 is 9.59 Å².